The van der Waals surface area contributed by atoms with Crippen molar-refractivity contribution in [3.63, 3.8) is 0 Å². The number of nitrogens with two attached hydrogens (primary N) is 1. The molecule has 0 saturated heterocycles. The molecule has 3 N–H and O–H groups in total. The highest BCUT2D eigenvalue weighted by atomic mass is 28.4. The van der Waals surface area contributed by atoms with Crippen LogP contribution >= 0.6 is 0 Å². The summed E-state index contributed by atoms with van der Waals surface area (Å²) >= 11 is 0. The van der Waals surface area contributed by atoms with Crippen molar-refractivity contribution < 1.29 is 4.43 Å². The van der Waals surface area contributed by atoms with Crippen LogP contribution < -0.4 is 15.5 Å². The van der Waals surface area contributed by atoms with Gasteiger partial charge in [-0.3, -0.25) is 0 Å². The maximum atomic E-state index is 8.92. The van der Waals surface area contributed by atoms with Crippen LogP contribution in [-0.2, 0) is 7.05 Å². The van der Waals surface area contributed by atoms with Gasteiger partial charge in [-0.25, -0.2) is 0 Å². The molecule has 31 heavy (non-hydrogen) atoms. The minimum atomic E-state index is -1.70. The second-order valence-corrected chi connectivity index (χ2v) is 13.8. The van der Waals surface area contributed by atoms with Crippen LogP contribution in [0, 0.1) is 18.3 Å². The first-order chi connectivity index (χ1) is 14.4. The Hall–Kier alpha value is -3.17. The van der Waals surface area contributed by atoms with Gasteiger partial charge in [0.25, 0.3) is 0 Å². The maximum absolute atomic E-state index is 8.92. The molecular weight excluding hydrogens is 400 g/mol. The van der Waals surface area contributed by atoms with E-state index in [9.17, 15) is 0 Å². The van der Waals surface area contributed by atoms with Gasteiger partial charge in [-0.15, -0.1) is 0 Å². The van der Waals surface area contributed by atoms with Gasteiger partial charge in [0.15, 0.2) is 0 Å². The molecule has 3 aromatic rings. The molecule has 0 spiro atoms. The summed E-state index contributed by atoms with van der Waals surface area (Å²) < 4.78 is 7.98. The largest absolute Gasteiger partial charge is 0.544 e. The molecule has 0 saturated carbocycles. The third kappa shape index (κ3) is 6.40. The monoisotopic (exact) mass is 434 g/mol. The van der Waals surface area contributed by atoms with E-state index < -0.39 is 8.32 Å². The summed E-state index contributed by atoms with van der Waals surface area (Å²) in [5.41, 5.74) is 10.1. The van der Waals surface area contributed by atoms with Crippen LogP contribution in [0.4, 0.5) is 17.1 Å². The van der Waals surface area contributed by atoms with Crippen molar-refractivity contribution in [1.82, 2.24) is 4.57 Å². The SMILES string of the molecule is CC(C)(C)[Si](C)(C)Oc1ccc(N)cc1.Cc1c(Nc2ccccc2)cc(C#N)n1C. The first-order valence-corrected chi connectivity index (χ1v) is 13.3. The molecule has 164 valence electrons. The number of nitriles is 1. The van der Waals surface area contributed by atoms with E-state index in [2.05, 4.69) is 45.3 Å². The highest BCUT2D eigenvalue weighted by molar-refractivity contribution is 6.74. The van der Waals surface area contributed by atoms with E-state index in [1.165, 1.54) is 0 Å². The highest BCUT2D eigenvalue weighted by Crippen LogP contribution is 2.37. The lowest BCUT2D eigenvalue weighted by Crippen LogP contribution is -2.43. The number of para-hydroxylation sites is 1. The summed E-state index contributed by atoms with van der Waals surface area (Å²) in [6.07, 6.45) is 0. The molecule has 0 aliphatic carbocycles. The summed E-state index contributed by atoms with van der Waals surface area (Å²) in [4.78, 5) is 0. The van der Waals surface area contributed by atoms with E-state index in [4.69, 9.17) is 15.4 Å². The van der Waals surface area contributed by atoms with E-state index >= 15 is 0 Å². The molecule has 0 aliphatic heterocycles. The number of hydrogen-bond donors (Lipinski definition) is 2. The molecule has 6 heteroatoms. The van der Waals surface area contributed by atoms with Crippen LogP contribution in [0.5, 0.6) is 5.75 Å². The number of rotatable bonds is 4. The zero-order chi connectivity index (χ0) is 23.2. The number of aromatic nitrogens is 1. The normalized spacial score (nSPS) is 11.2. The summed E-state index contributed by atoms with van der Waals surface area (Å²) in [6.45, 7) is 13.2. The lowest BCUT2D eigenvalue weighted by Gasteiger charge is -2.36. The molecule has 0 atom stereocenters. The fraction of sp³-hybridized carbons (Fsp3) is 0.320. The average Bonchev–Trinajstić information content (AvgIpc) is 2.98. The van der Waals surface area contributed by atoms with Crippen molar-refractivity contribution in [3.05, 3.63) is 72.1 Å². The molecule has 2 aromatic carbocycles. The number of nitrogen functional groups attached to an aromatic ring is 1. The topological polar surface area (TPSA) is 76.0 Å². The Labute approximate surface area is 187 Å². The van der Waals surface area contributed by atoms with Gasteiger partial charge < -0.3 is 20.0 Å². The molecule has 0 radical (unpaired) electrons. The van der Waals surface area contributed by atoms with E-state index in [1.54, 1.807) is 0 Å². The fourth-order valence-electron chi connectivity index (χ4n) is 2.59. The molecule has 0 amide bonds. The number of hydrogen-bond acceptors (Lipinski definition) is 4. The number of benzene rings is 2. The zero-order valence-corrected chi connectivity index (χ0v) is 20.7. The van der Waals surface area contributed by atoms with Crippen LogP contribution in [0.1, 0.15) is 32.2 Å². The predicted octanol–water partition coefficient (Wildman–Crippen LogP) is 6.60. The van der Waals surface area contributed by atoms with Crippen LogP contribution in [-0.4, -0.2) is 12.9 Å². The van der Waals surface area contributed by atoms with Gasteiger partial charge in [-0.1, -0.05) is 39.0 Å². The molecule has 0 aliphatic rings. The molecule has 0 unspecified atom stereocenters. The first-order valence-electron chi connectivity index (χ1n) is 10.4. The third-order valence-corrected chi connectivity index (χ3v) is 10.1. The molecule has 1 heterocycles. The Balaban J connectivity index is 0.000000221. The Morgan fingerprint density at radius 3 is 2.10 bits per heavy atom. The van der Waals surface area contributed by atoms with E-state index in [0.717, 1.165) is 28.5 Å². The lowest BCUT2D eigenvalue weighted by atomic mass is 10.2. The second-order valence-electron chi connectivity index (χ2n) is 9.12. The van der Waals surface area contributed by atoms with Crippen molar-refractivity contribution in [3.8, 4) is 11.8 Å². The third-order valence-electron chi connectivity index (χ3n) is 5.76. The number of anilines is 3. The van der Waals surface area contributed by atoms with Gasteiger partial charge in [0.2, 0.25) is 8.32 Å². The van der Waals surface area contributed by atoms with Crippen LogP contribution in [0.3, 0.4) is 0 Å². The van der Waals surface area contributed by atoms with Gasteiger partial charge in [0.1, 0.15) is 17.5 Å². The maximum Gasteiger partial charge on any atom is 0.250 e. The Morgan fingerprint density at radius 1 is 1.03 bits per heavy atom. The van der Waals surface area contributed by atoms with Gasteiger partial charge >= 0.3 is 0 Å². The molecular formula is C25H34N4OSi. The molecule has 3 rings (SSSR count). The highest BCUT2D eigenvalue weighted by Gasteiger charge is 2.38. The van der Waals surface area contributed by atoms with Crippen LogP contribution in [0.2, 0.25) is 18.1 Å². The summed E-state index contributed by atoms with van der Waals surface area (Å²) in [5, 5.41) is 12.5. The second kappa shape index (κ2) is 9.76. The van der Waals surface area contributed by atoms with Crippen molar-refractivity contribution in [2.75, 3.05) is 11.1 Å². The van der Waals surface area contributed by atoms with Crippen molar-refractivity contribution in [2.45, 2.75) is 45.8 Å². The smallest absolute Gasteiger partial charge is 0.250 e. The quantitative estimate of drug-likeness (QED) is 0.358. The Kier molecular flexibility index (Phi) is 7.58. The molecule has 0 fully saturated rings. The number of nitrogens with one attached hydrogen (secondary N) is 1. The molecule has 5 nitrogen and oxygen atoms in total. The summed E-state index contributed by atoms with van der Waals surface area (Å²) in [5.74, 6) is 0.927. The number of nitrogens with zero attached hydrogens (tertiary/aromatic N) is 2. The van der Waals surface area contributed by atoms with Crippen LogP contribution in [0.25, 0.3) is 0 Å². The van der Waals surface area contributed by atoms with Gasteiger partial charge in [0.05, 0.1) is 5.69 Å². The first kappa shape index (κ1) is 24.1. The van der Waals surface area contributed by atoms with Crippen molar-refractivity contribution >= 4 is 25.4 Å². The van der Waals surface area contributed by atoms with Crippen molar-refractivity contribution in [2.24, 2.45) is 7.05 Å². The van der Waals surface area contributed by atoms with Crippen molar-refractivity contribution in [1.29, 1.82) is 5.26 Å². The average molecular weight is 435 g/mol. The Bertz CT molecular complexity index is 1030. The van der Waals surface area contributed by atoms with Gasteiger partial charge in [0, 0.05) is 24.1 Å². The van der Waals surface area contributed by atoms with E-state index in [1.807, 2.05) is 79.2 Å². The molecule has 1 aromatic heterocycles. The van der Waals surface area contributed by atoms with E-state index in [0.29, 0.717) is 5.69 Å². The lowest BCUT2D eigenvalue weighted by molar-refractivity contribution is 0.492. The Morgan fingerprint density at radius 2 is 1.61 bits per heavy atom. The zero-order valence-electron chi connectivity index (χ0n) is 19.7. The summed E-state index contributed by atoms with van der Waals surface area (Å²) in [7, 11) is 0.189. The predicted molar refractivity (Wildman–Crippen MR) is 133 cm³/mol. The van der Waals surface area contributed by atoms with E-state index in [-0.39, 0.29) is 5.04 Å². The minimum Gasteiger partial charge on any atom is -0.544 e. The molecule has 0 bridgehead atoms. The summed E-state index contributed by atoms with van der Waals surface area (Å²) in [6, 6.07) is 21.6. The van der Waals surface area contributed by atoms with Crippen LogP contribution in [0.15, 0.2) is 60.7 Å². The van der Waals surface area contributed by atoms with Gasteiger partial charge in [-0.05, 0) is 67.5 Å². The fourth-order valence-corrected chi connectivity index (χ4v) is 3.63. The van der Waals surface area contributed by atoms with Gasteiger partial charge in [-0.2, -0.15) is 5.26 Å². The standard InChI is InChI=1S/C13H13N3.C12H21NOSi/c1-10-13(8-12(9-14)16(10)2)15-11-6-4-3-5-7-11;1-12(2,3)15(4,5)14-11-8-6-10(13)7-9-11/h3-8,15H,1-2H3;6-9H,13H2,1-5H3. The minimum absolute atomic E-state index is 0.231.